The van der Waals surface area contributed by atoms with Crippen molar-refractivity contribution in [2.45, 2.75) is 26.8 Å². The predicted octanol–water partition coefficient (Wildman–Crippen LogP) is 3.96. The Labute approximate surface area is 158 Å². The Balaban J connectivity index is 2.21. The second-order valence-electron chi connectivity index (χ2n) is 5.69. The van der Waals surface area contributed by atoms with Gasteiger partial charge in [0.05, 0.1) is 17.3 Å². The van der Waals surface area contributed by atoms with Crippen molar-refractivity contribution in [2.75, 3.05) is 32.0 Å². The summed E-state index contributed by atoms with van der Waals surface area (Å²) in [6, 6.07) is 7.84. The van der Waals surface area contributed by atoms with Crippen LogP contribution in [0.2, 0.25) is 5.02 Å². The number of hydrogen-bond donors (Lipinski definition) is 2. The van der Waals surface area contributed by atoms with Crippen molar-refractivity contribution >= 4 is 34.0 Å². The van der Waals surface area contributed by atoms with Crippen LogP contribution in [0.15, 0.2) is 24.3 Å². The molecule has 2 N–H and O–H groups in total. The summed E-state index contributed by atoms with van der Waals surface area (Å²) in [5.41, 5.74) is 2.39. The van der Waals surface area contributed by atoms with Gasteiger partial charge in [-0.2, -0.15) is 4.37 Å². The first-order chi connectivity index (χ1) is 12.0. The van der Waals surface area contributed by atoms with Crippen molar-refractivity contribution in [3.8, 4) is 0 Å². The van der Waals surface area contributed by atoms with Crippen LogP contribution in [0.5, 0.6) is 0 Å². The molecule has 2 aromatic rings. The monoisotopic (exact) mass is 380 g/mol. The van der Waals surface area contributed by atoms with Crippen LogP contribution in [0.1, 0.15) is 41.5 Å². The van der Waals surface area contributed by atoms with E-state index in [4.69, 9.17) is 11.6 Å². The summed E-state index contributed by atoms with van der Waals surface area (Å²) in [6.07, 6.45) is 0. The SMILES string of the molecule is CCN(CC)[C@H](CNC(=O)c1c(C)nsc1NC)c1ccccc1Cl. The standard InChI is InChI=1S/C18H25ClN4OS/c1-5-23(6-2)15(13-9-7-8-10-14(13)19)11-21-17(24)16-12(3)22-25-18(16)20-4/h7-10,15,20H,5-6,11H2,1-4H3,(H,21,24)/t15-/m1/s1. The largest absolute Gasteiger partial charge is 0.378 e. The molecule has 0 radical (unpaired) electrons. The van der Waals surface area contributed by atoms with Gasteiger partial charge in [-0.1, -0.05) is 43.6 Å². The highest BCUT2D eigenvalue weighted by Crippen LogP contribution is 2.28. The Kier molecular flexibility index (Phi) is 7.23. The molecule has 136 valence electrons. The Bertz CT molecular complexity index is 715. The lowest BCUT2D eigenvalue weighted by Gasteiger charge is -2.31. The number of carbonyl (C=O) groups excluding carboxylic acids is 1. The molecule has 0 saturated carbocycles. The number of hydrogen-bond acceptors (Lipinski definition) is 5. The van der Waals surface area contributed by atoms with Gasteiger partial charge < -0.3 is 10.6 Å². The van der Waals surface area contributed by atoms with Crippen molar-refractivity contribution in [1.82, 2.24) is 14.6 Å². The molecule has 0 fully saturated rings. The molecule has 0 unspecified atom stereocenters. The van der Waals surface area contributed by atoms with Crippen LogP contribution in [-0.2, 0) is 0 Å². The lowest BCUT2D eigenvalue weighted by atomic mass is 10.0. The van der Waals surface area contributed by atoms with E-state index in [9.17, 15) is 4.79 Å². The molecular formula is C18H25ClN4OS. The molecule has 2 rings (SSSR count). The van der Waals surface area contributed by atoms with E-state index in [-0.39, 0.29) is 11.9 Å². The predicted molar refractivity (Wildman–Crippen MR) is 106 cm³/mol. The van der Waals surface area contributed by atoms with Gasteiger partial charge in [0, 0.05) is 18.6 Å². The highest BCUT2D eigenvalue weighted by Gasteiger charge is 2.23. The number of nitrogens with one attached hydrogen (secondary N) is 2. The Morgan fingerprint density at radius 2 is 2.00 bits per heavy atom. The number of rotatable bonds is 8. The number of halogens is 1. The summed E-state index contributed by atoms with van der Waals surface area (Å²) in [7, 11) is 1.80. The number of likely N-dealkylation sites (N-methyl/N-ethyl adjacent to an activating group) is 1. The van der Waals surface area contributed by atoms with E-state index >= 15 is 0 Å². The Hall–Kier alpha value is -1.63. The minimum atomic E-state index is -0.111. The zero-order chi connectivity index (χ0) is 18.4. The smallest absolute Gasteiger partial charge is 0.256 e. The van der Waals surface area contributed by atoms with Gasteiger partial charge in [-0.3, -0.25) is 9.69 Å². The van der Waals surface area contributed by atoms with Crippen molar-refractivity contribution in [3.05, 3.63) is 46.1 Å². The van der Waals surface area contributed by atoms with Crippen LogP contribution < -0.4 is 10.6 Å². The third-order valence-electron chi connectivity index (χ3n) is 4.29. The number of aryl methyl sites for hydroxylation is 1. The molecule has 0 aliphatic rings. The van der Waals surface area contributed by atoms with E-state index in [0.29, 0.717) is 12.1 Å². The van der Waals surface area contributed by atoms with Crippen LogP contribution in [-0.4, -0.2) is 41.9 Å². The summed E-state index contributed by atoms with van der Waals surface area (Å²) in [5, 5.41) is 7.60. The summed E-state index contributed by atoms with van der Waals surface area (Å²) < 4.78 is 4.26. The first-order valence-corrected chi connectivity index (χ1v) is 9.59. The molecule has 1 aromatic carbocycles. The van der Waals surface area contributed by atoms with Gasteiger partial charge in [-0.15, -0.1) is 0 Å². The van der Waals surface area contributed by atoms with Gasteiger partial charge >= 0.3 is 0 Å². The van der Waals surface area contributed by atoms with Crippen LogP contribution in [0.3, 0.4) is 0 Å². The van der Waals surface area contributed by atoms with Crippen LogP contribution in [0.4, 0.5) is 5.00 Å². The van der Waals surface area contributed by atoms with E-state index in [0.717, 1.165) is 34.4 Å². The molecule has 25 heavy (non-hydrogen) atoms. The number of nitrogens with zero attached hydrogens (tertiary/aromatic N) is 2. The van der Waals surface area contributed by atoms with Crippen LogP contribution in [0.25, 0.3) is 0 Å². The van der Waals surface area contributed by atoms with E-state index in [1.54, 1.807) is 7.05 Å². The normalized spacial score (nSPS) is 12.2. The Morgan fingerprint density at radius 3 is 2.60 bits per heavy atom. The molecule has 1 aromatic heterocycles. The topological polar surface area (TPSA) is 57.3 Å². The maximum absolute atomic E-state index is 12.7. The minimum Gasteiger partial charge on any atom is -0.378 e. The lowest BCUT2D eigenvalue weighted by Crippen LogP contribution is -2.38. The molecule has 1 atom stereocenters. The third-order valence-corrected chi connectivity index (χ3v) is 5.59. The zero-order valence-corrected chi connectivity index (χ0v) is 16.7. The highest BCUT2D eigenvalue weighted by molar-refractivity contribution is 7.10. The van der Waals surface area contributed by atoms with E-state index in [1.807, 2.05) is 31.2 Å². The molecule has 1 amide bonds. The molecule has 7 heteroatoms. The molecule has 0 aliphatic heterocycles. The van der Waals surface area contributed by atoms with Gasteiger partial charge in [-0.25, -0.2) is 0 Å². The number of aromatic nitrogens is 1. The number of anilines is 1. The second-order valence-corrected chi connectivity index (χ2v) is 6.87. The number of amides is 1. The van der Waals surface area contributed by atoms with Crippen molar-refractivity contribution in [3.63, 3.8) is 0 Å². The van der Waals surface area contributed by atoms with Crippen molar-refractivity contribution in [2.24, 2.45) is 0 Å². The number of benzene rings is 1. The van der Waals surface area contributed by atoms with E-state index < -0.39 is 0 Å². The van der Waals surface area contributed by atoms with Crippen LogP contribution in [0, 0.1) is 6.92 Å². The van der Waals surface area contributed by atoms with Gasteiger partial charge in [0.1, 0.15) is 5.00 Å². The maximum atomic E-state index is 12.7. The highest BCUT2D eigenvalue weighted by atomic mass is 35.5. The summed E-state index contributed by atoms with van der Waals surface area (Å²) in [4.78, 5) is 15.0. The minimum absolute atomic E-state index is 0.0255. The fourth-order valence-corrected chi connectivity index (χ4v) is 3.94. The van der Waals surface area contributed by atoms with E-state index in [1.165, 1.54) is 11.5 Å². The molecule has 0 aliphatic carbocycles. The zero-order valence-electron chi connectivity index (χ0n) is 15.1. The fourth-order valence-electron chi connectivity index (χ4n) is 2.93. The molecule has 0 saturated heterocycles. The lowest BCUT2D eigenvalue weighted by molar-refractivity contribution is 0.0935. The molecule has 5 nitrogen and oxygen atoms in total. The van der Waals surface area contributed by atoms with E-state index in [2.05, 4.69) is 33.8 Å². The van der Waals surface area contributed by atoms with Crippen molar-refractivity contribution < 1.29 is 4.79 Å². The fraction of sp³-hybridized carbons (Fsp3) is 0.444. The molecule has 1 heterocycles. The summed E-state index contributed by atoms with van der Waals surface area (Å²) >= 11 is 7.71. The van der Waals surface area contributed by atoms with Gasteiger partial charge in [0.15, 0.2) is 0 Å². The summed E-state index contributed by atoms with van der Waals surface area (Å²) in [5.74, 6) is -0.111. The summed E-state index contributed by atoms with van der Waals surface area (Å²) in [6.45, 7) is 8.32. The molecule has 0 bridgehead atoms. The van der Waals surface area contributed by atoms with Gasteiger partial charge in [0.25, 0.3) is 5.91 Å². The van der Waals surface area contributed by atoms with Gasteiger partial charge in [0.2, 0.25) is 0 Å². The van der Waals surface area contributed by atoms with Gasteiger partial charge in [-0.05, 0) is 43.2 Å². The first kappa shape index (κ1) is 19.7. The molecule has 0 spiro atoms. The van der Waals surface area contributed by atoms with Crippen LogP contribution >= 0.6 is 23.1 Å². The maximum Gasteiger partial charge on any atom is 0.256 e. The average Bonchev–Trinajstić information content (AvgIpc) is 3.00. The Morgan fingerprint density at radius 1 is 1.32 bits per heavy atom. The average molecular weight is 381 g/mol. The quantitative estimate of drug-likeness (QED) is 0.727. The molecular weight excluding hydrogens is 356 g/mol. The first-order valence-electron chi connectivity index (χ1n) is 8.44. The van der Waals surface area contributed by atoms with Crippen molar-refractivity contribution in [1.29, 1.82) is 0 Å². The number of carbonyl (C=O) groups is 1. The third kappa shape index (κ3) is 4.51. The second kappa shape index (κ2) is 9.17.